The lowest BCUT2D eigenvalue weighted by Crippen LogP contribution is -2.59. The van der Waals surface area contributed by atoms with Crippen molar-refractivity contribution in [1.82, 2.24) is 14.7 Å². The Morgan fingerprint density at radius 1 is 1.33 bits per heavy atom. The molecule has 2 amide bonds. The fraction of sp³-hybridized carbons (Fsp3) is 0.923. The molecule has 5 heteroatoms. The third-order valence-corrected chi connectivity index (χ3v) is 3.91. The third-order valence-electron chi connectivity index (χ3n) is 3.91. The number of carbonyl (C=O) groups excluding carboxylic acids is 1. The van der Waals surface area contributed by atoms with Crippen LogP contribution < -0.4 is 0 Å². The minimum absolute atomic E-state index is 0.0322. The van der Waals surface area contributed by atoms with E-state index in [2.05, 4.69) is 18.9 Å². The molecule has 0 aromatic heterocycles. The predicted octanol–water partition coefficient (Wildman–Crippen LogP) is 0.853. The van der Waals surface area contributed by atoms with Gasteiger partial charge in [-0.3, -0.25) is 0 Å². The van der Waals surface area contributed by atoms with Crippen molar-refractivity contribution in [2.24, 2.45) is 0 Å². The highest BCUT2D eigenvalue weighted by atomic mass is 16.5. The van der Waals surface area contributed by atoms with Gasteiger partial charge in [-0.25, -0.2) is 4.79 Å². The molecule has 0 radical (unpaired) electrons. The summed E-state index contributed by atoms with van der Waals surface area (Å²) in [6, 6.07) is 0.113. The van der Waals surface area contributed by atoms with E-state index in [-0.39, 0.29) is 11.6 Å². The van der Waals surface area contributed by atoms with Gasteiger partial charge in [0.05, 0.1) is 11.7 Å². The summed E-state index contributed by atoms with van der Waals surface area (Å²) >= 11 is 0. The van der Waals surface area contributed by atoms with Gasteiger partial charge in [0.25, 0.3) is 0 Å². The van der Waals surface area contributed by atoms with Gasteiger partial charge in [0.15, 0.2) is 0 Å². The first-order valence-corrected chi connectivity index (χ1v) is 6.74. The number of nitrogens with zero attached hydrogens (tertiary/aromatic N) is 3. The zero-order valence-electron chi connectivity index (χ0n) is 12.0. The smallest absolute Gasteiger partial charge is 0.319 e. The van der Waals surface area contributed by atoms with Crippen LogP contribution in [0.2, 0.25) is 0 Å². The van der Waals surface area contributed by atoms with Gasteiger partial charge in [-0.2, -0.15) is 0 Å². The summed E-state index contributed by atoms with van der Waals surface area (Å²) in [4.78, 5) is 17.8. The van der Waals surface area contributed by atoms with E-state index in [1.54, 1.807) is 19.0 Å². The van der Waals surface area contributed by atoms with E-state index in [1.807, 2.05) is 4.90 Å². The number of urea groups is 1. The molecule has 2 heterocycles. The molecule has 0 N–H and O–H groups in total. The molecule has 2 aliphatic heterocycles. The van der Waals surface area contributed by atoms with Gasteiger partial charge in [-0.1, -0.05) is 0 Å². The van der Waals surface area contributed by atoms with E-state index in [0.29, 0.717) is 6.10 Å². The highest BCUT2D eigenvalue weighted by molar-refractivity contribution is 5.73. The number of piperidine rings is 1. The Balaban J connectivity index is 1.95. The molecule has 2 aliphatic rings. The summed E-state index contributed by atoms with van der Waals surface area (Å²) in [7, 11) is 5.76. The summed E-state index contributed by atoms with van der Waals surface area (Å²) in [5.74, 6) is 0. The lowest BCUT2D eigenvalue weighted by atomic mass is 9.89. The van der Waals surface area contributed by atoms with E-state index in [4.69, 9.17) is 4.74 Å². The summed E-state index contributed by atoms with van der Waals surface area (Å²) in [5.41, 5.74) is -0.0322. The highest BCUT2D eigenvalue weighted by Crippen LogP contribution is 2.31. The van der Waals surface area contributed by atoms with Gasteiger partial charge >= 0.3 is 6.03 Å². The van der Waals surface area contributed by atoms with Crippen LogP contribution in [-0.4, -0.2) is 79.8 Å². The lowest BCUT2D eigenvalue weighted by molar-refractivity contribution is -0.162. The number of rotatable bonds is 0. The van der Waals surface area contributed by atoms with Gasteiger partial charge in [0, 0.05) is 40.3 Å². The maximum absolute atomic E-state index is 11.9. The molecule has 2 fully saturated rings. The van der Waals surface area contributed by atoms with Crippen molar-refractivity contribution < 1.29 is 9.53 Å². The van der Waals surface area contributed by atoms with E-state index in [1.165, 1.54) is 0 Å². The molecule has 0 aliphatic carbocycles. The second-order valence-electron chi connectivity index (χ2n) is 5.97. The average molecular weight is 255 g/mol. The Bertz CT molecular complexity index is 299. The summed E-state index contributed by atoms with van der Waals surface area (Å²) in [6.07, 6.45) is 2.18. The molecule has 104 valence electrons. The van der Waals surface area contributed by atoms with Crippen LogP contribution in [0.5, 0.6) is 0 Å². The van der Waals surface area contributed by atoms with Crippen molar-refractivity contribution in [2.75, 3.05) is 47.3 Å². The minimum Gasteiger partial charge on any atom is -0.369 e. The normalized spacial score (nSPS) is 28.4. The highest BCUT2D eigenvalue weighted by Gasteiger charge is 2.41. The lowest BCUT2D eigenvalue weighted by Gasteiger charge is -2.48. The number of hydrogen-bond acceptors (Lipinski definition) is 3. The first-order valence-electron chi connectivity index (χ1n) is 6.74. The van der Waals surface area contributed by atoms with Crippen LogP contribution in [-0.2, 0) is 4.74 Å². The molecule has 0 bridgehead atoms. The van der Waals surface area contributed by atoms with Crippen LogP contribution in [0, 0.1) is 0 Å². The van der Waals surface area contributed by atoms with E-state index in [0.717, 1.165) is 39.0 Å². The van der Waals surface area contributed by atoms with E-state index >= 15 is 0 Å². The van der Waals surface area contributed by atoms with Crippen LogP contribution in [0.15, 0.2) is 0 Å². The Morgan fingerprint density at radius 2 is 1.94 bits per heavy atom. The van der Waals surface area contributed by atoms with Crippen LogP contribution >= 0.6 is 0 Å². The molecule has 2 rings (SSSR count). The Labute approximate surface area is 110 Å². The zero-order valence-corrected chi connectivity index (χ0v) is 12.0. The molecule has 0 aromatic carbocycles. The Hall–Kier alpha value is -0.810. The van der Waals surface area contributed by atoms with Gasteiger partial charge in [-0.15, -0.1) is 0 Å². The van der Waals surface area contributed by atoms with Crippen molar-refractivity contribution in [2.45, 2.75) is 31.5 Å². The number of carbonyl (C=O) groups is 1. The van der Waals surface area contributed by atoms with Gasteiger partial charge in [0.1, 0.15) is 0 Å². The monoisotopic (exact) mass is 255 g/mol. The van der Waals surface area contributed by atoms with E-state index in [9.17, 15) is 4.79 Å². The zero-order chi connectivity index (χ0) is 13.3. The molecule has 5 nitrogen and oxygen atoms in total. The maximum Gasteiger partial charge on any atom is 0.319 e. The quantitative estimate of drug-likeness (QED) is 0.644. The molecule has 1 atom stereocenters. The van der Waals surface area contributed by atoms with Gasteiger partial charge in [0.2, 0.25) is 0 Å². The Morgan fingerprint density at radius 3 is 2.44 bits per heavy atom. The first-order chi connectivity index (χ1) is 8.42. The van der Waals surface area contributed by atoms with Crippen molar-refractivity contribution in [3.63, 3.8) is 0 Å². The SMILES string of the molecule is CC1CN(C)CC2(CCN(C(=O)N(C)C)CC2)O1. The van der Waals surface area contributed by atoms with Gasteiger partial charge < -0.3 is 19.4 Å². The summed E-state index contributed by atoms with van der Waals surface area (Å²) < 4.78 is 6.18. The number of amides is 2. The van der Waals surface area contributed by atoms with Crippen LogP contribution in [0.3, 0.4) is 0 Å². The average Bonchev–Trinajstić information content (AvgIpc) is 2.27. The fourth-order valence-electron chi connectivity index (χ4n) is 3.16. The molecule has 0 aromatic rings. The number of ether oxygens (including phenoxy) is 1. The molecule has 2 saturated heterocycles. The number of morpholine rings is 1. The second kappa shape index (κ2) is 5.05. The van der Waals surface area contributed by atoms with Crippen LogP contribution in [0.25, 0.3) is 0 Å². The number of likely N-dealkylation sites (N-methyl/N-ethyl adjacent to an activating group) is 1. The first kappa shape index (κ1) is 13.6. The van der Waals surface area contributed by atoms with E-state index < -0.39 is 0 Å². The van der Waals surface area contributed by atoms with Crippen molar-refractivity contribution in [3.05, 3.63) is 0 Å². The van der Waals surface area contributed by atoms with Crippen LogP contribution in [0.1, 0.15) is 19.8 Å². The third kappa shape index (κ3) is 2.78. The molecular formula is C13H25N3O2. The summed E-state index contributed by atoms with van der Waals surface area (Å²) in [6.45, 7) is 5.73. The fourth-order valence-corrected chi connectivity index (χ4v) is 3.16. The molecular weight excluding hydrogens is 230 g/mol. The topological polar surface area (TPSA) is 36.0 Å². The molecule has 0 saturated carbocycles. The van der Waals surface area contributed by atoms with Crippen molar-refractivity contribution in [1.29, 1.82) is 0 Å². The minimum atomic E-state index is -0.0322. The van der Waals surface area contributed by atoms with Crippen LogP contribution in [0.4, 0.5) is 4.79 Å². The number of hydrogen-bond donors (Lipinski definition) is 0. The maximum atomic E-state index is 11.9. The standard InChI is InChI=1S/C13H25N3O2/c1-11-9-15(4)10-13(18-11)5-7-16(8-6-13)12(17)14(2)3/h11H,5-10H2,1-4H3. The number of likely N-dealkylation sites (tertiary alicyclic amines) is 1. The van der Waals surface area contributed by atoms with Crippen molar-refractivity contribution in [3.8, 4) is 0 Å². The van der Waals surface area contributed by atoms with Crippen molar-refractivity contribution >= 4 is 6.03 Å². The predicted molar refractivity (Wildman–Crippen MR) is 70.7 cm³/mol. The van der Waals surface area contributed by atoms with Gasteiger partial charge in [-0.05, 0) is 26.8 Å². The summed E-state index contributed by atoms with van der Waals surface area (Å²) in [5, 5.41) is 0. The molecule has 1 spiro atoms. The Kier molecular flexibility index (Phi) is 3.82. The second-order valence-corrected chi connectivity index (χ2v) is 5.97. The largest absolute Gasteiger partial charge is 0.369 e. The molecule has 18 heavy (non-hydrogen) atoms. The molecule has 1 unspecified atom stereocenters.